The number of fused-ring (bicyclic) bond motifs is 1. The van der Waals surface area contributed by atoms with Crippen LogP contribution in [0.25, 0.3) is 0 Å². The summed E-state index contributed by atoms with van der Waals surface area (Å²) in [4.78, 5) is 11.4. The fourth-order valence-electron chi connectivity index (χ4n) is 1.46. The minimum absolute atomic E-state index is 0.0247. The van der Waals surface area contributed by atoms with Crippen LogP contribution >= 0.6 is 0 Å². The minimum Gasteiger partial charge on any atom is -0.395 e. The molecule has 0 saturated carbocycles. The summed E-state index contributed by atoms with van der Waals surface area (Å²) in [5, 5.41) is 5.10. The van der Waals surface area contributed by atoms with Crippen LogP contribution in [0.3, 0.4) is 0 Å². The number of nitrogens with one attached hydrogen (secondary N) is 2. The van der Waals surface area contributed by atoms with Gasteiger partial charge in [0.15, 0.2) is 11.5 Å². The van der Waals surface area contributed by atoms with Gasteiger partial charge in [0.2, 0.25) is 0 Å². The molecular weight excluding hydrogens is 246 g/mol. The van der Waals surface area contributed by atoms with Gasteiger partial charge in [0.05, 0.1) is 0 Å². The molecule has 0 fully saturated rings. The molecule has 5 nitrogen and oxygen atoms in total. The van der Waals surface area contributed by atoms with E-state index in [0.717, 1.165) is 0 Å². The lowest BCUT2D eigenvalue weighted by Crippen LogP contribution is -2.34. The van der Waals surface area contributed by atoms with Gasteiger partial charge in [0.1, 0.15) is 0 Å². The van der Waals surface area contributed by atoms with Crippen molar-refractivity contribution >= 4 is 11.7 Å². The Hall–Kier alpha value is -2.05. The topological polar surface area (TPSA) is 59.6 Å². The van der Waals surface area contributed by atoms with Crippen molar-refractivity contribution < 1.29 is 23.0 Å². The van der Waals surface area contributed by atoms with Gasteiger partial charge in [-0.2, -0.15) is 0 Å². The second kappa shape index (κ2) is 4.32. The molecule has 0 spiro atoms. The van der Waals surface area contributed by atoms with Gasteiger partial charge < -0.3 is 20.1 Å². The Morgan fingerprint density at radius 3 is 2.61 bits per heavy atom. The predicted octanol–water partition coefficient (Wildman–Crippen LogP) is 2.54. The van der Waals surface area contributed by atoms with Gasteiger partial charge in [0, 0.05) is 17.8 Å². The number of hydrogen-bond acceptors (Lipinski definition) is 3. The molecule has 0 atom stereocenters. The number of amides is 2. The van der Waals surface area contributed by atoms with Crippen LogP contribution in [0.2, 0.25) is 0 Å². The lowest BCUT2D eigenvalue weighted by atomic mass is 10.3. The SMILES string of the molecule is CC(C)NC(=O)Nc1ccc2c(c1)OC(F)(F)O2. The first-order valence-electron chi connectivity index (χ1n) is 5.33. The van der Waals surface area contributed by atoms with Gasteiger partial charge in [-0.25, -0.2) is 4.79 Å². The molecule has 7 heteroatoms. The molecule has 0 unspecified atom stereocenters. The van der Waals surface area contributed by atoms with Gasteiger partial charge in [-0.1, -0.05) is 0 Å². The number of anilines is 1. The smallest absolute Gasteiger partial charge is 0.395 e. The molecule has 1 heterocycles. The molecule has 2 rings (SSSR count). The van der Waals surface area contributed by atoms with E-state index in [1.807, 2.05) is 0 Å². The van der Waals surface area contributed by atoms with Gasteiger partial charge in [-0.05, 0) is 26.0 Å². The van der Waals surface area contributed by atoms with E-state index < -0.39 is 12.3 Å². The third-order valence-corrected chi connectivity index (χ3v) is 2.08. The Balaban J connectivity index is 2.07. The first-order valence-corrected chi connectivity index (χ1v) is 5.33. The Morgan fingerprint density at radius 2 is 1.94 bits per heavy atom. The van der Waals surface area contributed by atoms with Gasteiger partial charge in [-0.15, -0.1) is 8.78 Å². The van der Waals surface area contributed by atoms with Crippen molar-refractivity contribution in [1.82, 2.24) is 5.32 Å². The number of halogens is 2. The predicted molar refractivity (Wildman–Crippen MR) is 59.9 cm³/mol. The zero-order valence-corrected chi connectivity index (χ0v) is 9.79. The standard InChI is InChI=1S/C11H12F2N2O3/c1-6(2)14-10(16)15-7-3-4-8-9(5-7)18-11(12,13)17-8/h3-6H,1-2H3,(H2,14,15,16). The normalized spacial score (nSPS) is 15.6. The number of benzene rings is 1. The average molecular weight is 258 g/mol. The van der Waals surface area contributed by atoms with Crippen LogP contribution in [0.5, 0.6) is 11.5 Å². The Bertz CT molecular complexity index is 477. The molecule has 1 aliphatic heterocycles. The quantitative estimate of drug-likeness (QED) is 0.857. The average Bonchev–Trinajstić information content (AvgIpc) is 2.49. The fraction of sp³-hybridized carbons (Fsp3) is 0.364. The van der Waals surface area contributed by atoms with Crippen LogP contribution in [0.15, 0.2) is 18.2 Å². The highest BCUT2D eigenvalue weighted by atomic mass is 19.3. The molecule has 0 saturated heterocycles. The van der Waals surface area contributed by atoms with Gasteiger partial charge in [-0.3, -0.25) is 0 Å². The van der Waals surface area contributed by atoms with Crippen molar-refractivity contribution in [1.29, 1.82) is 0 Å². The van der Waals surface area contributed by atoms with E-state index in [9.17, 15) is 13.6 Å². The molecule has 0 radical (unpaired) electrons. The number of rotatable bonds is 2. The van der Waals surface area contributed by atoms with Crippen LogP contribution in [0.4, 0.5) is 19.3 Å². The van der Waals surface area contributed by atoms with Crippen LogP contribution in [0.1, 0.15) is 13.8 Å². The van der Waals surface area contributed by atoms with Crippen LogP contribution in [0, 0.1) is 0 Å². The number of carbonyl (C=O) groups excluding carboxylic acids is 1. The van der Waals surface area contributed by atoms with Crippen LogP contribution in [-0.4, -0.2) is 18.4 Å². The Kier molecular flexibility index (Phi) is 2.98. The third kappa shape index (κ3) is 2.79. The van der Waals surface area contributed by atoms with E-state index in [4.69, 9.17) is 0 Å². The lowest BCUT2D eigenvalue weighted by molar-refractivity contribution is -0.286. The monoisotopic (exact) mass is 258 g/mol. The number of urea groups is 1. The highest BCUT2D eigenvalue weighted by Gasteiger charge is 2.43. The summed E-state index contributed by atoms with van der Waals surface area (Å²) in [5.41, 5.74) is 0.341. The number of carbonyl (C=O) groups is 1. The van der Waals surface area contributed by atoms with E-state index in [2.05, 4.69) is 20.1 Å². The van der Waals surface area contributed by atoms with E-state index in [0.29, 0.717) is 5.69 Å². The molecule has 2 amide bonds. The van der Waals surface area contributed by atoms with Gasteiger partial charge in [0.25, 0.3) is 0 Å². The molecular formula is C11H12F2N2O3. The van der Waals surface area contributed by atoms with E-state index >= 15 is 0 Å². The van der Waals surface area contributed by atoms with Crippen molar-refractivity contribution in [2.24, 2.45) is 0 Å². The maximum Gasteiger partial charge on any atom is 0.586 e. The largest absolute Gasteiger partial charge is 0.586 e. The number of ether oxygens (including phenoxy) is 2. The maximum atomic E-state index is 12.8. The summed E-state index contributed by atoms with van der Waals surface area (Å²) in [6, 6.07) is 3.58. The highest BCUT2D eigenvalue weighted by molar-refractivity contribution is 5.89. The zero-order valence-electron chi connectivity index (χ0n) is 9.79. The van der Waals surface area contributed by atoms with Crippen molar-refractivity contribution in [2.75, 3.05) is 5.32 Å². The zero-order chi connectivity index (χ0) is 13.3. The number of alkyl halides is 2. The molecule has 98 valence electrons. The highest BCUT2D eigenvalue weighted by Crippen LogP contribution is 2.42. The second-order valence-corrected chi connectivity index (χ2v) is 4.08. The molecule has 0 aliphatic carbocycles. The lowest BCUT2D eigenvalue weighted by Gasteiger charge is -2.10. The van der Waals surface area contributed by atoms with Crippen molar-refractivity contribution in [3.63, 3.8) is 0 Å². The molecule has 0 bridgehead atoms. The molecule has 18 heavy (non-hydrogen) atoms. The summed E-state index contributed by atoms with van der Waals surface area (Å²) < 4.78 is 34.0. The first-order chi connectivity index (χ1) is 8.35. The third-order valence-electron chi connectivity index (χ3n) is 2.08. The van der Waals surface area contributed by atoms with E-state index in [1.165, 1.54) is 18.2 Å². The maximum absolute atomic E-state index is 12.8. The summed E-state index contributed by atoms with van der Waals surface area (Å²) >= 11 is 0. The second-order valence-electron chi connectivity index (χ2n) is 4.08. The van der Waals surface area contributed by atoms with Gasteiger partial charge >= 0.3 is 12.3 Å². The number of hydrogen-bond donors (Lipinski definition) is 2. The van der Waals surface area contributed by atoms with Crippen molar-refractivity contribution in [3.05, 3.63) is 18.2 Å². The molecule has 1 aromatic carbocycles. The summed E-state index contributed by atoms with van der Waals surface area (Å²) in [6.07, 6.45) is -3.65. The van der Waals surface area contributed by atoms with Crippen molar-refractivity contribution in [3.8, 4) is 11.5 Å². The van der Waals surface area contributed by atoms with Crippen molar-refractivity contribution in [2.45, 2.75) is 26.2 Å². The molecule has 1 aliphatic rings. The Labute approximate surface area is 102 Å². The summed E-state index contributed by atoms with van der Waals surface area (Å²) in [5.74, 6) is -0.169. The summed E-state index contributed by atoms with van der Waals surface area (Å²) in [6.45, 7) is 3.61. The summed E-state index contributed by atoms with van der Waals surface area (Å²) in [7, 11) is 0. The van der Waals surface area contributed by atoms with E-state index in [1.54, 1.807) is 13.8 Å². The van der Waals surface area contributed by atoms with E-state index in [-0.39, 0.29) is 17.5 Å². The first kappa shape index (κ1) is 12.4. The Morgan fingerprint density at radius 1 is 1.28 bits per heavy atom. The fourth-order valence-corrected chi connectivity index (χ4v) is 1.46. The molecule has 0 aromatic heterocycles. The molecule has 1 aromatic rings. The van der Waals surface area contributed by atoms with Crippen LogP contribution in [-0.2, 0) is 0 Å². The molecule has 2 N–H and O–H groups in total. The van der Waals surface area contributed by atoms with Crippen LogP contribution < -0.4 is 20.1 Å². The minimum atomic E-state index is -3.65.